The summed E-state index contributed by atoms with van der Waals surface area (Å²) < 4.78 is 0. The van der Waals surface area contributed by atoms with Crippen LogP contribution in [0.2, 0.25) is 0 Å². The van der Waals surface area contributed by atoms with Gasteiger partial charge in [-0.2, -0.15) is 6.16 Å². The van der Waals surface area contributed by atoms with Crippen LogP contribution in [0.5, 0.6) is 0 Å². The second kappa shape index (κ2) is 9.39. The Morgan fingerprint density at radius 1 is 1.50 bits per heavy atom. The van der Waals surface area contributed by atoms with Gasteiger partial charge in [-0.15, -0.1) is 0 Å². The van der Waals surface area contributed by atoms with Gasteiger partial charge in [-0.1, -0.05) is 19.8 Å². The van der Waals surface area contributed by atoms with E-state index in [1.165, 1.54) is 12.8 Å². The Kier molecular flexibility index (Phi) is 15.8. The fraction of sp³-hybridized carbons (Fsp3) is 1.00. The predicted molar refractivity (Wildman–Crippen MR) is 28.1 cm³/mol. The summed E-state index contributed by atoms with van der Waals surface area (Å²) in [6.07, 6.45) is 3.75. The maximum atomic E-state index is 3.35. The first-order chi connectivity index (χ1) is 2.41. The zero-order chi connectivity index (χ0) is 4.12. The van der Waals surface area contributed by atoms with E-state index < -0.39 is 0 Å². The number of hydrogen-bond donors (Lipinski definition) is 0. The molecule has 0 heterocycles. The second-order valence-corrected chi connectivity index (χ2v) is 1.60. The first-order valence-electron chi connectivity index (χ1n) is 2.06. The average molecular weight is 96.0 g/mol. The number of hydrogen-bond acceptors (Lipinski definition) is 0. The molecule has 0 bridgehead atoms. The Morgan fingerprint density at radius 2 is 2.00 bits per heavy atom. The fourth-order valence-electron chi connectivity index (χ4n) is 0.177. The van der Waals surface area contributed by atoms with E-state index in [1.54, 1.807) is 0 Å². The van der Waals surface area contributed by atoms with Crippen molar-refractivity contribution in [3.63, 3.8) is 0 Å². The maximum Gasteiger partial charge on any atom is 1.00 e. The molecule has 0 saturated carbocycles. The quantitative estimate of drug-likeness (QED) is 0.303. The molecule has 0 saturated heterocycles. The minimum Gasteiger partial charge on any atom is -0.558 e. The molecule has 0 amide bonds. The molecule has 0 radical (unpaired) electrons. The molecule has 0 atom stereocenters. The molecule has 0 aliphatic heterocycles. The topological polar surface area (TPSA) is 0 Å². The summed E-state index contributed by atoms with van der Waals surface area (Å²) in [5.41, 5.74) is 0. The molecule has 0 aliphatic rings. The summed E-state index contributed by atoms with van der Waals surface area (Å²) in [6, 6.07) is 0. The molecule has 0 N–H and O–H groups in total. The molecule has 0 spiro atoms. The summed E-state index contributed by atoms with van der Waals surface area (Å²) in [5.74, 6) is 0. The Balaban J connectivity index is 0. The molecule has 32 valence electrons. The summed E-state index contributed by atoms with van der Waals surface area (Å²) in [6.45, 7) is 2.18. The van der Waals surface area contributed by atoms with Gasteiger partial charge in [0.05, 0.1) is 0 Å². The van der Waals surface area contributed by atoms with Gasteiger partial charge in [0.25, 0.3) is 0 Å². The van der Waals surface area contributed by atoms with Gasteiger partial charge >= 0.3 is 18.9 Å². The van der Waals surface area contributed by atoms with Crippen LogP contribution in [0.1, 0.15) is 19.8 Å². The first kappa shape index (κ1) is 10.1. The molecule has 0 nitrogen and oxygen atoms in total. The van der Waals surface area contributed by atoms with E-state index in [-0.39, 0.29) is 18.9 Å². The minimum absolute atomic E-state index is 0. The van der Waals surface area contributed by atoms with Crippen molar-refractivity contribution in [3.05, 3.63) is 0 Å². The third kappa shape index (κ3) is 8.90. The molecular weight excluding hydrogens is 86.0 g/mol. The Labute approximate surface area is 54.5 Å². The van der Waals surface area contributed by atoms with Crippen LogP contribution in [0.25, 0.3) is 0 Å². The molecule has 0 rings (SSSR count). The normalized spacial score (nSPS) is 7.00. The fourth-order valence-corrected chi connectivity index (χ4v) is 0.530. The van der Waals surface area contributed by atoms with Crippen LogP contribution < -0.4 is 18.9 Å². The van der Waals surface area contributed by atoms with Crippen molar-refractivity contribution < 1.29 is 18.9 Å². The van der Waals surface area contributed by atoms with Gasteiger partial charge in [-0.3, -0.25) is 0 Å². The van der Waals surface area contributed by atoms with E-state index in [1.807, 2.05) is 0 Å². The maximum absolute atomic E-state index is 3.35. The number of rotatable bonds is 2. The molecule has 2 heteroatoms. The number of unbranched alkanes of at least 4 members (excludes halogenated alkanes) is 1. The monoisotopic (exact) mass is 96.1 g/mol. The van der Waals surface area contributed by atoms with Crippen molar-refractivity contribution in [2.45, 2.75) is 19.8 Å². The second-order valence-electron chi connectivity index (χ2n) is 1.10. The van der Waals surface area contributed by atoms with Gasteiger partial charge in [0.15, 0.2) is 0 Å². The summed E-state index contributed by atoms with van der Waals surface area (Å²) in [4.78, 5) is 0. The van der Waals surface area contributed by atoms with E-state index in [2.05, 4.69) is 16.2 Å². The molecule has 6 heavy (non-hydrogen) atoms. The van der Waals surface area contributed by atoms with Crippen LogP contribution >= 0.6 is 9.24 Å². The Hall–Kier alpha value is 1.03. The molecule has 0 fully saturated rings. The van der Waals surface area contributed by atoms with Crippen LogP contribution in [0.4, 0.5) is 0 Å². The van der Waals surface area contributed by atoms with Crippen LogP contribution in [-0.4, -0.2) is 6.16 Å². The third-order valence-electron chi connectivity index (χ3n) is 0.530. The van der Waals surface area contributed by atoms with Crippen LogP contribution in [0.15, 0.2) is 0 Å². The van der Waals surface area contributed by atoms with Gasteiger partial charge in [0, 0.05) is 0 Å². The summed E-state index contributed by atoms with van der Waals surface area (Å²) in [7, 11) is 3.35. The molecule has 0 aliphatic carbocycles. The smallest absolute Gasteiger partial charge is 0.558 e. The van der Waals surface area contributed by atoms with Gasteiger partial charge in [-0.25, -0.2) is 0 Å². The van der Waals surface area contributed by atoms with Crippen LogP contribution in [0.3, 0.4) is 0 Å². The van der Waals surface area contributed by atoms with Crippen LogP contribution in [-0.2, 0) is 0 Å². The van der Waals surface area contributed by atoms with E-state index in [0.29, 0.717) is 0 Å². The SMILES string of the molecule is CCCC[PH-].[Li+]. The Morgan fingerprint density at radius 3 is 2.00 bits per heavy atom. The van der Waals surface area contributed by atoms with Crippen molar-refractivity contribution >= 4 is 9.24 Å². The van der Waals surface area contributed by atoms with E-state index in [0.717, 1.165) is 6.16 Å². The minimum atomic E-state index is 0. The standard InChI is InChI=1S/C4H10P.Li/c1-2-3-4-5;/h5H,2-4H2,1H3;/q-1;+1. The molecule has 0 aromatic heterocycles. The first-order valence-corrected chi connectivity index (χ1v) is 2.77. The molecular formula is C4H10LiP. The zero-order valence-electron chi connectivity index (χ0n) is 4.62. The predicted octanol–water partition coefficient (Wildman–Crippen LogP) is -1.07. The van der Waals surface area contributed by atoms with E-state index >= 15 is 0 Å². The van der Waals surface area contributed by atoms with Gasteiger partial charge < -0.3 is 9.24 Å². The summed E-state index contributed by atoms with van der Waals surface area (Å²) >= 11 is 0. The largest absolute Gasteiger partial charge is 1.00 e. The van der Waals surface area contributed by atoms with Crippen molar-refractivity contribution in [3.8, 4) is 0 Å². The van der Waals surface area contributed by atoms with Crippen molar-refractivity contribution in [2.24, 2.45) is 0 Å². The molecule has 0 aromatic carbocycles. The molecule has 0 unspecified atom stereocenters. The van der Waals surface area contributed by atoms with Gasteiger partial charge in [0.2, 0.25) is 0 Å². The van der Waals surface area contributed by atoms with Crippen molar-refractivity contribution in [1.82, 2.24) is 0 Å². The third-order valence-corrected chi connectivity index (χ3v) is 0.884. The average Bonchev–Trinajstić information content (AvgIpc) is 1.41. The zero-order valence-corrected chi connectivity index (χ0v) is 5.62. The molecule has 0 aromatic rings. The van der Waals surface area contributed by atoms with Gasteiger partial charge in [-0.05, 0) is 0 Å². The van der Waals surface area contributed by atoms with E-state index in [9.17, 15) is 0 Å². The van der Waals surface area contributed by atoms with Crippen LogP contribution in [0, 0.1) is 0 Å². The van der Waals surface area contributed by atoms with Gasteiger partial charge in [0.1, 0.15) is 0 Å². The van der Waals surface area contributed by atoms with Crippen molar-refractivity contribution in [1.29, 1.82) is 0 Å². The summed E-state index contributed by atoms with van der Waals surface area (Å²) in [5, 5.41) is 0. The Bertz CT molecular complexity index is 15.0. The van der Waals surface area contributed by atoms with Crippen molar-refractivity contribution in [2.75, 3.05) is 6.16 Å². The van der Waals surface area contributed by atoms with E-state index in [4.69, 9.17) is 0 Å².